The highest BCUT2D eigenvalue weighted by Crippen LogP contribution is 2.41. The molecular weight excluding hydrogens is 1160 g/mol. The number of phenolic OH excluding ortho intramolecular Hbond substituents is 1. The number of aromatic hydroxyl groups is 1. The Morgan fingerprint density at radius 1 is 0.793 bits per heavy atom. The zero-order valence-corrected chi connectivity index (χ0v) is 49.3. The zero-order valence-electron chi connectivity index (χ0n) is 48.5. The molecule has 2 aromatic rings. The number of carbonyl (C=O) groups is 12. The van der Waals surface area contributed by atoms with Gasteiger partial charge in [-0.3, -0.25) is 66.6 Å². The average molecular weight is 1240 g/mol. The second-order valence-corrected chi connectivity index (χ2v) is 24.9. The molecule has 0 radical (unpaired) electrons. The molecule has 12 atom stereocenters. The summed E-state index contributed by atoms with van der Waals surface area (Å²) in [7, 11) is -2.52. The molecule has 0 spiro atoms. The monoisotopic (exact) mass is 1240 g/mol. The van der Waals surface area contributed by atoms with E-state index in [0.29, 0.717) is 45.1 Å². The molecule has 1 aliphatic carbocycles. The number of hydrogen-bond acceptors (Lipinski definition) is 18. The lowest BCUT2D eigenvalue weighted by atomic mass is 9.81. The van der Waals surface area contributed by atoms with Crippen molar-refractivity contribution in [1.82, 2.24) is 57.3 Å². The first-order valence-electron chi connectivity index (χ1n) is 29.3. The summed E-state index contributed by atoms with van der Waals surface area (Å²) < 4.78 is 15.4. The minimum Gasteiger partial charge on any atom is -0.506 e. The fourth-order valence-electron chi connectivity index (χ4n) is 12.1. The summed E-state index contributed by atoms with van der Waals surface area (Å²) in [6.07, 6.45) is 0.718. The quantitative estimate of drug-likeness (QED) is 0.0834. The van der Waals surface area contributed by atoms with Gasteiger partial charge in [-0.25, -0.2) is 0 Å². The Hall–Kier alpha value is -8.03. The first-order valence-corrected chi connectivity index (χ1v) is 30.6. The van der Waals surface area contributed by atoms with E-state index in [-0.39, 0.29) is 88.0 Å². The maximum atomic E-state index is 15.4. The fraction of sp³-hybridized carbons (Fsp3) is 0.607. The molecule has 1 aromatic heterocycles. The SMILES string of the molecule is CC[C@H](C)[C@@H]1NC(=O)CNC(=O)[C@H]2Cc3c([nH]c4c(N5CCC(CNC(=O)C6CCC(CN7C(=O)C=CC7=O)CC6)C5)c(O)ccc34)S(=O)C[C@@H](NC(=O)CNC1=O)C(=O)N[C@@H](CC(N)=O)C(=O)N1C[C@H](O)C[C@H]1C(=O)N[C@@H]([C@H](C)[C@H](O)CO)C(=O)N2. The Morgan fingerprint density at radius 3 is 2.14 bits per heavy atom. The highest BCUT2D eigenvalue weighted by atomic mass is 32.2. The number of hydrogen-bond donors (Lipinski definition) is 14. The van der Waals surface area contributed by atoms with Crippen LogP contribution in [0.1, 0.15) is 77.7 Å². The van der Waals surface area contributed by atoms with E-state index < -0.39 is 176 Å². The summed E-state index contributed by atoms with van der Waals surface area (Å²) in [6.45, 7) is 2.72. The highest BCUT2D eigenvalue weighted by molar-refractivity contribution is 7.85. The van der Waals surface area contributed by atoms with Gasteiger partial charge < -0.3 is 83.5 Å². The molecule has 6 aliphatic rings. The van der Waals surface area contributed by atoms with E-state index >= 15 is 4.21 Å². The molecule has 3 fully saturated rings. The van der Waals surface area contributed by atoms with Gasteiger partial charge >= 0.3 is 0 Å². The number of anilines is 1. The molecule has 1 aromatic carbocycles. The van der Waals surface area contributed by atoms with Gasteiger partial charge in [-0.05, 0) is 67.6 Å². The summed E-state index contributed by atoms with van der Waals surface area (Å²) >= 11 is 0. The van der Waals surface area contributed by atoms with Crippen molar-refractivity contribution in [3.05, 3.63) is 29.8 Å². The third-order valence-corrected chi connectivity index (χ3v) is 18.8. The first-order chi connectivity index (χ1) is 41.3. The highest BCUT2D eigenvalue weighted by Gasteiger charge is 2.46. The van der Waals surface area contributed by atoms with Crippen molar-refractivity contribution in [1.29, 1.82) is 0 Å². The molecule has 12 amide bonds. The van der Waals surface area contributed by atoms with Crippen LogP contribution in [-0.4, -0.2) is 217 Å². The van der Waals surface area contributed by atoms with E-state index in [2.05, 4.69) is 47.5 Å². The van der Waals surface area contributed by atoms with Gasteiger partial charge in [0.2, 0.25) is 59.1 Å². The zero-order chi connectivity index (χ0) is 63.1. The minimum absolute atomic E-state index is 0.0284. The van der Waals surface area contributed by atoms with Crippen molar-refractivity contribution < 1.29 is 82.2 Å². The second kappa shape index (κ2) is 28.2. The molecule has 1 saturated carbocycles. The number of H-pyrrole nitrogens is 1. The number of rotatable bonds is 13. The number of carbonyl (C=O) groups excluding carboxylic acids is 12. The molecule has 2 saturated heterocycles. The van der Waals surface area contributed by atoms with Gasteiger partial charge in [-0.15, -0.1) is 0 Å². The number of nitrogens with zero attached hydrogens (tertiary/aromatic N) is 3. The van der Waals surface area contributed by atoms with Crippen LogP contribution in [0, 0.1) is 29.6 Å². The number of aromatic amines is 1. The molecule has 31 heteroatoms. The van der Waals surface area contributed by atoms with Crippen molar-refractivity contribution in [2.75, 3.05) is 63.1 Å². The third-order valence-electron chi connectivity index (χ3n) is 17.4. The molecule has 474 valence electrons. The Labute approximate surface area is 502 Å². The van der Waals surface area contributed by atoms with E-state index in [9.17, 15) is 78.0 Å². The molecule has 8 rings (SSSR count). The molecule has 30 nitrogen and oxygen atoms in total. The normalized spacial score (nSPS) is 29.4. The van der Waals surface area contributed by atoms with E-state index in [0.717, 1.165) is 4.90 Å². The Bertz CT molecular complexity index is 3090. The van der Waals surface area contributed by atoms with Gasteiger partial charge in [0.1, 0.15) is 52.7 Å². The maximum Gasteiger partial charge on any atom is 0.253 e. The smallest absolute Gasteiger partial charge is 0.253 e. The van der Waals surface area contributed by atoms with Crippen molar-refractivity contribution >= 4 is 98.3 Å². The number of phenols is 1. The van der Waals surface area contributed by atoms with Gasteiger partial charge in [-0.2, -0.15) is 0 Å². The van der Waals surface area contributed by atoms with Crippen LogP contribution in [0.5, 0.6) is 5.75 Å². The Balaban J connectivity index is 1.18. The van der Waals surface area contributed by atoms with Gasteiger partial charge in [-0.1, -0.05) is 27.2 Å². The molecule has 6 heterocycles. The van der Waals surface area contributed by atoms with E-state index in [1.165, 1.54) is 36.1 Å². The van der Waals surface area contributed by atoms with Crippen LogP contribution >= 0.6 is 0 Å². The number of primary amides is 1. The Kier molecular flexibility index (Phi) is 21.1. The first kappa shape index (κ1) is 65.0. The Morgan fingerprint density at radius 2 is 1.47 bits per heavy atom. The average Bonchev–Trinajstić information content (AvgIpc) is 1.79. The predicted octanol–water partition coefficient (Wildman–Crippen LogP) is -5.25. The molecule has 5 aliphatic heterocycles. The lowest BCUT2D eigenvalue weighted by Crippen LogP contribution is -2.62. The maximum absolute atomic E-state index is 15.4. The van der Waals surface area contributed by atoms with Crippen molar-refractivity contribution in [2.45, 2.75) is 132 Å². The van der Waals surface area contributed by atoms with Crippen LogP contribution in [0.2, 0.25) is 0 Å². The van der Waals surface area contributed by atoms with Crippen LogP contribution in [0.3, 0.4) is 0 Å². The number of benzene rings is 1. The standard InChI is InChI=1S/C56H77N13O17S/c1-4-26(2)45-53(83)60-19-41(75)61-36-25-87(86)55-33(32-9-10-38(72)48(47(32)66-55)67-14-13-29(21-67)18-58-49(79)30-7-5-28(6-8-30)22-69-43(77)11-12-44(69)78)16-34(50(80)59-20-42(76)64-45)62-54(84)46(27(3)39(73)24-70)65-52(82)37-15-31(71)23-68(37)56(85)35(17-40(57)74)63-51(36)81/h9-12,26-31,34-37,39,45-46,66,70-73H,4-8,13-25H2,1-3H3,(H2,57,74)(H,58,79)(H,59,80)(H,60,83)(H,61,75)(H,62,84)(H,63,81)(H,64,76)(H,65,82)/t26-,27+,28?,29?,30?,31+,34+,35-,36+,37-,39+,45-,46-,87?/m0/s1. The predicted molar refractivity (Wildman–Crippen MR) is 307 cm³/mol. The van der Waals surface area contributed by atoms with E-state index in [1.54, 1.807) is 13.8 Å². The van der Waals surface area contributed by atoms with Crippen LogP contribution in [0.15, 0.2) is 29.3 Å². The van der Waals surface area contributed by atoms with Crippen LogP contribution < -0.4 is 53.2 Å². The van der Waals surface area contributed by atoms with E-state index in [1.807, 2.05) is 4.90 Å². The van der Waals surface area contributed by atoms with Gasteiger partial charge in [0.15, 0.2) is 0 Å². The fourth-order valence-corrected chi connectivity index (χ4v) is 13.5. The number of amides is 12. The van der Waals surface area contributed by atoms with Crippen LogP contribution in [0.25, 0.3) is 10.9 Å². The number of nitrogens with two attached hydrogens (primary N) is 1. The largest absolute Gasteiger partial charge is 0.506 e. The summed E-state index contributed by atoms with van der Waals surface area (Å²) in [5, 5.41) is 64.1. The van der Waals surface area contributed by atoms with Crippen molar-refractivity contribution in [3.63, 3.8) is 0 Å². The summed E-state index contributed by atoms with van der Waals surface area (Å²) in [5.41, 5.74) is 5.95. The number of nitrogens with one attached hydrogen (secondary N) is 9. The summed E-state index contributed by atoms with van der Waals surface area (Å²) in [4.78, 5) is 172. The number of aliphatic hydroxyl groups excluding tert-OH is 3. The molecular formula is C56H77N13O17S. The lowest BCUT2D eigenvalue weighted by Gasteiger charge is -2.32. The second-order valence-electron chi connectivity index (χ2n) is 23.5. The van der Waals surface area contributed by atoms with E-state index in [4.69, 9.17) is 5.73 Å². The molecule has 2 bridgehead atoms. The summed E-state index contributed by atoms with van der Waals surface area (Å²) in [6, 6.07) is -7.57. The van der Waals surface area contributed by atoms with Crippen molar-refractivity contribution in [2.24, 2.45) is 35.3 Å². The third kappa shape index (κ3) is 15.2. The van der Waals surface area contributed by atoms with Gasteiger partial charge in [0, 0.05) is 74.9 Å². The van der Waals surface area contributed by atoms with Gasteiger partial charge in [0.25, 0.3) is 11.8 Å². The summed E-state index contributed by atoms with van der Waals surface area (Å²) in [5.74, 6) is -13.8. The topological polar surface area (TPSA) is 451 Å². The molecule has 2 unspecified atom stereocenters. The van der Waals surface area contributed by atoms with Crippen LogP contribution in [-0.2, 0) is 74.8 Å². The molecule has 15 N–H and O–H groups in total. The number of aliphatic hydroxyl groups is 3. The number of aromatic nitrogens is 1. The number of fused-ring (bicyclic) bond motifs is 5. The minimum atomic E-state index is -2.52. The molecule has 87 heavy (non-hydrogen) atoms. The number of imide groups is 1. The van der Waals surface area contributed by atoms with Crippen LogP contribution in [0.4, 0.5) is 5.69 Å². The van der Waals surface area contributed by atoms with Crippen molar-refractivity contribution in [3.8, 4) is 5.75 Å². The van der Waals surface area contributed by atoms with Gasteiger partial charge in [0.05, 0.1) is 60.4 Å². The lowest BCUT2D eigenvalue weighted by molar-refractivity contribution is -0.144.